The van der Waals surface area contributed by atoms with Gasteiger partial charge in [-0.3, -0.25) is 9.48 Å². The van der Waals surface area contributed by atoms with Gasteiger partial charge in [0.05, 0.1) is 23.0 Å². The average Bonchev–Trinajstić information content (AvgIpc) is 3.40. The molecule has 4 rings (SSSR count). The Balaban J connectivity index is 1.60. The first kappa shape index (κ1) is 21.9. The number of hydrogen-bond acceptors (Lipinski definition) is 6. The van der Waals surface area contributed by atoms with Gasteiger partial charge in [-0.2, -0.15) is 10.2 Å². The van der Waals surface area contributed by atoms with Gasteiger partial charge in [0.25, 0.3) is 12.9 Å². The maximum Gasteiger partial charge on any atom is 0.280 e. The Morgan fingerprint density at radius 1 is 1.19 bits per heavy atom. The molecule has 0 radical (unpaired) electrons. The Labute approximate surface area is 182 Å². The van der Waals surface area contributed by atoms with Crippen LogP contribution in [-0.2, 0) is 18.4 Å². The van der Waals surface area contributed by atoms with Crippen LogP contribution in [0.25, 0.3) is 22.3 Å². The molecule has 0 aliphatic carbocycles. The van der Waals surface area contributed by atoms with E-state index in [1.54, 1.807) is 23.3 Å². The highest BCUT2D eigenvalue weighted by molar-refractivity contribution is 7.14. The van der Waals surface area contributed by atoms with Gasteiger partial charge in [0.1, 0.15) is 12.2 Å². The number of nitrogens with zero attached hydrogens (tertiary/aromatic N) is 6. The lowest BCUT2D eigenvalue weighted by Crippen LogP contribution is -2.20. The van der Waals surface area contributed by atoms with Gasteiger partial charge in [-0.25, -0.2) is 32.2 Å². The van der Waals surface area contributed by atoms with Crippen molar-refractivity contribution in [3.8, 4) is 11.3 Å². The number of pyridine rings is 1. The van der Waals surface area contributed by atoms with Gasteiger partial charge in [-0.15, -0.1) is 11.3 Å². The number of carbonyl (C=O) groups is 1. The molecule has 0 unspecified atom stereocenters. The summed E-state index contributed by atoms with van der Waals surface area (Å²) in [6.45, 7) is 2.93. The molecule has 0 saturated heterocycles. The van der Waals surface area contributed by atoms with Crippen LogP contribution in [0.15, 0.2) is 17.6 Å². The quantitative estimate of drug-likeness (QED) is 0.424. The number of hydrogen-bond donors (Lipinski definition) is 1. The smallest absolute Gasteiger partial charge is 0.280 e. The number of alkyl halides is 4. The van der Waals surface area contributed by atoms with E-state index in [2.05, 4.69) is 25.5 Å². The number of anilines is 1. The van der Waals surface area contributed by atoms with Crippen LogP contribution in [-0.4, -0.2) is 35.4 Å². The van der Waals surface area contributed by atoms with Crippen LogP contribution in [0, 0.1) is 13.8 Å². The van der Waals surface area contributed by atoms with Gasteiger partial charge in [0.15, 0.2) is 10.8 Å². The largest absolute Gasteiger partial charge is 0.300 e. The van der Waals surface area contributed by atoms with Crippen LogP contribution in [0.1, 0.15) is 35.5 Å². The minimum absolute atomic E-state index is 0.0409. The van der Waals surface area contributed by atoms with Crippen molar-refractivity contribution in [3.63, 3.8) is 0 Å². The zero-order valence-electron chi connectivity index (χ0n) is 17.1. The summed E-state index contributed by atoms with van der Waals surface area (Å²) in [4.78, 5) is 20.7. The van der Waals surface area contributed by atoms with Gasteiger partial charge in [0, 0.05) is 29.2 Å². The van der Waals surface area contributed by atoms with Crippen LogP contribution in [0.4, 0.5) is 22.7 Å². The third-order valence-corrected chi connectivity index (χ3v) is 5.70. The van der Waals surface area contributed by atoms with Crippen LogP contribution in [0.5, 0.6) is 0 Å². The molecule has 0 atom stereocenters. The molecule has 0 aliphatic rings. The zero-order chi connectivity index (χ0) is 23.2. The molecular weight excluding hydrogens is 450 g/mol. The second-order valence-corrected chi connectivity index (χ2v) is 7.89. The number of nitrogens with one attached hydrogen (secondary N) is 1. The molecule has 4 heterocycles. The molecule has 13 heteroatoms. The van der Waals surface area contributed by atoms with E-state index in [1.807, 2.05) is 6.92 Å². The Hall–Kier alpha value is -3.35. The fourth-order valence-electron chi connectivity index (χ4n) is 3.30. The fourth-order valence-corrected chi connectivity index (χ4v) is 4.03. The van der Waals surface area contributed by atoms with Crippen molar-refractivity contribution in [2.24, 2.45) is 7.05 Å². The Morgan fingerprint density at radius 2 is 1.94 bits per heavy atom. The second-order valence-electron chi connectivity index (χ2n) is 7.03. The van der Waals surface area contributed by atoms with Gasteiger partial charge in [0.2, 0.25) is 5.91 Å². The zero-order valence-corrected chi connectivity index (χ0v) is 17.9. The van der Waals surface area contributed by atoms with E-state index in [0.717, 1.165) is 15.9 Å². The Morgan fingerprint density at radius 3 is 2.56 bits per heavy atom. The number of fused-ring (bicyclic) bond motifs is 1. The number of aryl methyl sites for hydroxylation is 2. The van der Waals surface area contributed by atoms with Crippen molar-refractivity contribution in [1.29, 1.82) is 0 Å². The highest BCUT2D eigenvalue weighted by Gasteiger charge is 2.24. The molecule has 0 spiro atoms. The topological polar surface area (TPSA) is 90.5 Å². The van der Waals surface area contributed by atoms with Crippen LogP contribution < -0.4 is 5.32 Å². The second kappa shape index (κ2) is 8.30. The number of thiazole rings is 1. The van der Waals surface area contributed by atoms with E-state index in [-0.39, 0.29) is 16.7 Å². The van der Waals surface area contributed by atoms with Crippen molar-refractivity contribution < 1.29 is 22.4 Å². The van der Waals surface area contributed by atoms with E-state index in [9.17, 15) is 22.4 Å². The standard InChI is InChI=1S/C19H17F4N7OS/c1-8-15-10(16(20)21)4-12(17(22)23)25-18(15)30(28-8)6-14(31)27-19-26-13(7-32-19)11-5-24-29(3)9(11)2/h4-5,7,16-17H,6H2,1-3H3,(H,26,27,31). The van der Waals surface area contributed by atoms with Crippen molar-refractivity contribution in [2.75, 3.05) is 5.32 Å². The molecular formula is C19H17F4N7OS. The Kier molecular flexibility index (Phi) is 5.67. The first-order valence-electron chi connectivity index (χ1n) is 9.34. The van der Waals surface area contributed by atoms with E-state index in [0.29, 0.717) is 16.9 Å². The van der Waals surface area contributed by atoms with E-state index in [1.165, 1.54) is 18.3 Å². The minimum atomic E-state index is -3.04. The molecule has 32 heavy (non-hydrogen) atoms. The highest BCUT2D eigenvalue weighted by Crippen LogP contribution is 2.32. The molecule has 168 valence electrons. The van der Waals surface area contributed by atoms with Gasteiger partial charge >= 0.3 is 0 Å². The lowest BCUT2D eigenvalue weighted by Gasteiger charge is -2.08. The maximum atomic E-state index is 13.5. The van der Waals surface area contributed by atoms with E-state index in [4.69, 9.17) is 0 Å². The summed E-state index contributed by atoms with van der Waals surface area (Å²) in [6, 6.07) is 0.675. The first-order chi connectivity index (χ1) is 15.2. The van der Waals surface area contributed by atoms with E-state index < -0.39 is 36.6 Å². The van der Waals surface area contributed by atoms with Gasteiger partial charge in [-0.05, 0) is 19.9 Å². The van der Waals surface area contributed by atoms with Gasteiger partial charge < -0.3 is 5.32 Å². The van der Waals surface area contributed by atoms with Crippen molar-refractivity contribution in [2.45, 2.75) is 33.2 Å². The van der Waals surface area contributed by atoms with Gasteiger partial charge in [-0.1, -0.05) is 0 Å². The van der Waals surface area contributed by atoms with Crippen molar-refractivity contribution in [3.05, 3.63) is 40.3 Å². The number of amides is 1. The van der Waals surface area contributed by atoms with Crippen LogP contribution >= 0.6 is 11.3 Å². The summed E-state index contributed by atoms with van der Waals surface area (Å²) in [7, 11) is 1.80. The molecule has 1 N–H and O–H groups in total. The van der Waals surface area contributed by atoms with E-state index >= 15 is 0 Å². The van der Waals surface area contributed by atoms with Crippen LogP contribution in [0.3, 0.4) is 0 Å². The Bertz CT molecular complexity index is 1310. The fraction of sp³-hybridized carbons (Fsp3) is 0.316. The third-order valence-electron chi connectivity index (χ3n) is 4.94. The lowest BCUT2D eigenvalue weighted by molar-refractivity contribution is -0.116. The maximum absolute atomic E-state index is 13.5. The number of aromatic nitrogens is 6. The average molecular weight is 467 g/mol. The molecule has 0 saturated carbocycles. The summed E-state index contributed by atoms with van der Waals surface area (Å²) in [5.74, 6) is -0.555. The number of carbonyl (C=O) groups excluding carboxylic acids is 1. The summed E-state index contributed by atoms with van der Waals surface area (Å²) in [5.41, 5.74) is 0.943. The predicted octanol–water partition coefficient (Wildman–Crippen LogP) is 4.42. The first-order valence-corrected chi connectivity index (χ1v) is 10.2. The summed E-state index contributed by atoms with van der Waals surface area (Å²) < 4.78 is 56.0. The molecule has 4 aromatic rings. The molecule has 0 aliphatic heterocycles. The number of rotatable bonds is 6. The predicted molar refractivity (Wildman–Crippen MR) is 110 cm³/mol. The number of halogens is 4. The normalized spacial score (nSPS) is 11.8. The summed E-state index contributed by atoms with van der Waals surface area (Å²) in [6.07, 6.45) is -4.37. The highest BCUT2D eigenvalue weighted by atomic mass is 32.1. The summed E-state index contributed by atoms with van der Waals surface area (Å²) >= 11 is 1.20. The molecule has 0 aromatic carbocycles. The molecule has 8 nitrogen and oxygen atoms in total. The summed E-state index contributed by atoms with van der Waals surface area (Å²) in [5, 5.41) is 12.9. The molecule has 4 aromatic heterocycles. The SMILES string of the molecule is Cc1nn(CC(=O)Nc2nc(-c3cnn(C)c3C)cs2)c2nc(C(F)F)cc(C(F)F)c12. The lowest BCUT2D eigenvalue weighted by atomic mass is 10.1. The molecule has 0 fully saturated rings. The molecule has 0 bridgehead atoms. The van der Waals surface area contributed by atoms with Crippen LogP contribution in [0.2, 0.25) is 0 Å². The minimum Gasteiger partial charge on any atom is -0.300 e. The molecule has 1 amide bonds. The van der Waals surface area contributed by atoms with Crippen molar-refractivity contribution >= 4 is 33.4 Å². The third kappa shape index (κ3) is 3.95. The monoisotopic (exact) mass is 467 g/mol. The van der Waals surface area contributed by atoms with Crippen molar-refractivity contribution in [1.82, 2.24) is 29.5 Å².